The molecular weight excluding hydrogens is 468 g/mol. The van der Waals surface area contributed by atoms with Crippen LogP contribution in [0, 0.1) is 6.07 Å². The summed E-state index contributed by atoms with van der Waals surface area (Å²) in [6, 6.07) is 27.9. The number of carbonyl (C=O) groups is 1. The standard InChI is InChI=1S/C27H20ClN2O3S/c28-20-13-14-22-25(15-20)30(24-12-6-11-23(26(22)24)27(29)31)16-18-7-4-5-8-19(18)17-34(32,33)21-9-2-1-3-10-21/h1-13,15H,16-17H2,(H2,29,31). The molecule has 0 aliphatic heterocycles. The largest absolute Gasteiger partial charge is 0.366 e. The first kappa shape index (κ1) is 22.2. The third kappa shape index (κ3) is 3.95. The summed E-state index contributed by atoms with van der Waals surface area (Å²) in [4.78, 5) is 12.4. The predicted molar refractivity (Wildman–Crippen MR) is 135 cm³/mol. The molecule has 5 nitrogen and oxygen atoms in total. The van der Waals surface area contributed by atoms with Crippen molar-refractivity contribution in [1.82, 2.24) is 4.57 Å². The van der Waals surface area contributed by atoms with Crippen molar-refractivity contribution in [2.45, 2.75) is 17.2 Å². The van der Waals surface area contributed by atoms with Gasteiger partial charge in [-0.25, -0.2) is 8.42 Å². The Bertz CT molecular complexity index is 1660. The molecule has 4 aromatic carbocycles. The molecule has 1 radical (unpaired) electrons. The monoisotopic (exact) mass is 487 g/mol. The van der Waals surface area contributed by atoms with Crippen LogP contribution in [-0.4, -0.2) is 18.9 Å². The lowest BCUT2D eigenvalue weighted by molar-refractivity contribution is 0.100. The highest BCUT2D eigenvalue weighted by molar-refractivity contribution is 7.90. The normalized spacial score (nSPS) is 11.8. The minimum Gasteiger partial charge on any atom is -0.366 e. The van der Waals surface area contributed by atoms with Gasteiger partial charge in [-0.05, 0) is 53.6 Å². The lowest BCUT2D eigenvalue weighted by Crippen LogP contribution is -2.11. The lowest BCUT2D eigenvalue weighted by Gasteiger charge is -2.13. The molecule has 169 valence electrons. The van der Waals surface area contributed by atoms with E-state index in [1.807, 2.05) is 41.0 Å². The highest BCUT2D eigenvalue weighted by Crippen LogP contribution is 2.34. The molecule has 0 saturated heterocycles. The van der Waals surface area contributed by atoms with Gasteiger partial charge in [0.1, 0.15) is 0 Å². The van der Waals surface area contributed by atoms with Crippen LogP contribution >= 0.6 is 11.6 Å². The van der Waals surface area contributed by atoms with Crippen LogP contribution in [0.2, 0.25) is 5.02 Å². The van der Waals surface area contributed by atoms with Gasteiger partial charge in [0.2, 0.25) is 5.91 Å². The molecule has 34 heavy (non-hydrogen) atoms. The number of nitrogens with two attached hydrogens (primary N) is 1. The number of hydrogen-bond acceptors (Lipinski definition) is 3. The lowest BCUT2D eigenvalue weighted by atomic mass is 10.1. The molecule has 1 heterocycles. The van der Waals surface area contributed by atoms with Crippen molar-refractivity contribution in [2.75, 3.05) is 0 Å². The zero-order chi connectivity index (χ0) is 23.9. The molecule has 0 fully saturated rings. The van der Waals surface area contributed by atoms with Gasteiger partial charge in [0.25, 0.3) is 0 Å². The summed E-state index contributed by atoms with van der Waals surface area (Å²) >= 11 is 6.29. The maximum absolute atomic E-state index is 13.1. The Kier molecular flexibility index (Phi) is 5.63. The third-order valence-corrected chi connectivity index (χ3v) is 7.82. The van der Waals surface area contributed by atoms with Gasteiger partial charge in [0, 0.05) is 27.9 Å². The number of aromatic nitrogens is 1. The van der Waals surface area contributed by atoms with E-state index in [4.69, 9.17) is 17.3 Å². The molecule has 0 aliphatic carbocycles. The fourth-order valence-corrected chi connectivity index (χ4v) is 5.93. The summed E-state index contributed by atoms with van der Waals surface area (Å²) in [6.07, 6.45) is 0. The number of primary amides is 1. The number of sulfone groups is 1. The number of hydrogen-bond donors (Lipinski definition) is 1. The second-order valence-corrected chi connectivity index (χ2v) is 10.5. The fourth-order valence-electron chi connectivity index (χ4n) is 4.34. The number of amides is 1. The molecule has 1 amide bonds. The first-order valence-corrected chi connectivity index (χ1v) is 12.6. The van der Waals surface area contributed by atoms with E-state index in [1.54, 1.807) is 48.5 Å². The van der Waals surface area contributed by atoms with Crippen LogP contribution in [-0.2, 0) is 22.1 Å². The zero-order valence-corrected chi connectivity index (χ0v) is 19.6. The van der Waals surface area contributed by atoms with E-state index in [2.05, 4.69) is 6.07 Å². The van der Waals surface area contributed by atoms with Crippen LogP contribution in [0.15, 0.2) is 89.8 Å². The van der Waals surface area contributed by atoms with E-state index in [0.29, 0.717) is 28.1 Å². The maximum atomic E-state index is 13.1. The van der Waals surface area contributed by atoms with Crippen LogP contribution in [0.5, 0.6) is 0 Å². The molecule has 5 rings (SSSR count). The molecule has 2 N–H and O–H groups in total. The number of rotatable bonds is 6. The Morgan fingerprint density at radius 2 is 1.62 bits per heavy atom. The van der Waals surface area contributed by atoms with Gasteiger partial charge >= 0.3 is 0 Å². The molecular formula is C27H20ClN2O3S. The van der Waals surface area contributed by atoms with Crippen molar-refractivity contribution in [1.29, 1.82) is 0 Å². The molecule has 0 saturated carbocycles. The second-order valence-electron chi connectivity index (χ2n) is 8.07. The Hall–Kier alpha value is -3.61. The Morgan fingerprint density at radius 3 is 2.35 bits per heavy atom. The van der Waals surface area contributed by atoms with E-state index < -0.39 is 15.7 Å². The summed E-state index contributed by atoms with van der Waals surface area (Å²) < 4.78 is 28.2. The smallest absolute Gasteiger partial charge is 0.249 e. The molecule has 0 unspecified atom stereocenters. The number of fused-ring (bicyclic) bond motifs is 3. The van der Waals surface area contributed by atoms with Crippen LogP contribution in [0.25, 0.3) is 21.8 Å². The summed E-state index contributed by atoms with van der Waals surface area (Å²) in [7, 11) is -3.52. The van der Waals surface area contributed by atoms with Crippen LogP contribution in [0.1, 0.15) is 21.5 Å². The van der Waals surface area contributed by atoms with Crippen molar-refractivity contribution >= 4 is 49.2 Å². The van der Waals surface area contributed by atoms with Crippen LogP contribution in [0.4, 0.5) is 0 Å². The van der Waals surface area contributed by atoms with Crippen molar-refractivity contribution < 1.29 is 13.2 Å². The van der Waals surface area contributed by atoms with Crippen molar-refractivity contribution in [2.24, 2.45) is 5.73 Å². The molecule has 7 heteroatoms. The third-order valence-electron chi connectivity index (χ3n) is 5.92. The van der Waals surface area contributed by atoms with E-state index in [-0.39, 0.29) is 10.6 Å². The van der Waals surface area contributed by atoms with Crippen molar-refractivity contribution in [3.05, 3.63) is 113 Å². The van der Waals surface area contributed by atoms with Crippen LogP contribution < -0.4 is 5.73 Å². The first-order valence-electron chi connectivity index (χ1n) is 10.6. The average molecular weight is 488 g/mol. The highest BCUT2D eigenvalue weighted by atomic mass is 35.5. The fraction of sp³-hybridized carbons (Fsp3) is 0.0741. The summed E-state index contributed by atoms with van der Waals surface area (Å²) in [5, 5.41) is 1.95. The van der Waals surface area contributed by atoms with Gasteiger partial charge in [-0.3, -0.25) is 4.79 Å². The molecule has 0 atom stereocenters. The minimum absolute atomic E-state index is 0.121. The predicted octanol–water partition coefficient (Wildman–Crippen LogP) is 5.37. The number of nitrogens with zero attached hydrogens (tertiary/aromatic N) is 1. The summed E-state index contributed by atoms with van der Waals surface area (Å²) in [6.45, 7) is 0.386. The van der Waals surface area contributed by atoms with Crippen molar-refractivity contribution in [3.63, 3.8) is 0 Å². The Labute approximate surface area is 202 Å². The van der Waals surface area contributed by atoms with E-state index >= 15 is 0 Å². The summed E-state index contributed by atoms with van der Waals surface area (Å²) in [5.41, 5.74) is 9.20. The van der Waals surface area contributed by atoms with Gasteiger partial charge in [0.05, 0.1) is 21.7 Å². The van der Waals surface area contributed by atoms with Crippen molar-refractivity contribution in [3.8, 4) is 0 Å². The number of carbonyl (C=O) groups excluding carboxylic acids is 1. The van der Waals surface area contributed by atoms with Gasteiger partial charge in [0.15, 0.2) is 9.84 Å². The van der Waals surface area contributed by atoms with Gasteiger partial charge in [-0.15, -0.1) is 0 Å². The topological polar surface area (TPSA) is 82.2 Å². The molecule has 5 aromatic rings. The van der Waals surface area contributed by atoms with Crippen LogP contribution in [0.3, 0.4) is 0 Å². The van der Waals surface area contributed by atoms with Gasteiger partial charge < -0.3 is 10.3 Å². The highest BCUT2D eigenvalue weighted by Gasteiger charge is 2.20. The number of halogens is 1. The Balaban J connectivity index is 1.66. The number of benzene rings is 4. The molecule has 0 spiro atoms. The van der Waals surface area contributed by atoms with E-state index in [0.717, 1.165) is 22.0 Å². The Morgan fingerprint density at radius 1 is 0.912 bits per heavy atom. The molecule has 1 aromatic heterocycles. The molecule has 0 bridgehead atoms. The molecule has 0 aliphatic rings. The van der Waals surface area contributed by atoms with Gasteiger partial charge in [-0.2, -0.15) is 0 Å². The summed E-state index contributed by atoms with van der Waals surface area (Å²) in [5.74, 6) is -0.647. The van der Waals surface area contributed by atoms with E-state index in [1.165, 1.54) is 0 Å². The van der Waals surface area contributed by atoms with E-state index in [9.17, 15) is 13.2 Å². The first-order chi connectivity index (χ1) is 16.3. The second kappa shape index (κ2) is 8.63. The maximum Gasteiger partial charge on any atom is 0.249 e. The minimum atomic E-state index is -3.52. The van der Waals surface area contributed by atoms with Gasteiger partial charge in [-0.1, -0.05) is 60.1 Å². The quantitative estimate of drug-likeness (QED) is 0.349. The average Bonchev–Trinajstić information content (AvgIpc) is 3.13. The zero-order valence-electron chi connectivity index (χ0n) is 18.0. The SMILES string of the molecule is NC(=O)c1cccc2c1c1[c]cc(Cl)cc1n2Cc1ccccc1CS(=O)(=O)c1ccccc1.